The van der Waals surface area contributed by atoms with E-state index >= 15 is 0 Å². The molecule has 0 N–H and O–H groups in total. The Balaban J connectivity index is 1.89. The molecule has 2 heterocycles. The summed E-state index contributed by atoms with van der Waals surface area (Å²) in [7, 11) is 3.19. The first-order valence-electron chi connectivity index (χ1n) is 8.81. The summed E-state index contributed by atoms with van der Waals surface area (Å²) in [4.78, 5) is 27.4. The maximum atomic E-state index is 13.2. The second-order valence-electron chi connectivity index (χ2n) is 6.50. The first kappa shape index (κ1) is 17.9. The van der Waals surface area contributed by atoms with Crippen molar-refractivity contribution in [3.8, 4) is 11.5 Å². The van der Waals surface area contributed by atoms with E-state index in [0.717, 1.165) is 5.56 Å². The van der Waals surface area contributed by atoms with Crippen LogP contribution in [0.4, 0.5) is 0 Å². The van der Waals surface area contributed by atoms with Crippen LogP contribution in [0.1, 0.15) is 27.7 Å². The van der Waals surface area contributed by atoms with Crippen molar-refractivity contribution in [3.63, 3.8) is 0 Å². The molecule has 1 aromatic heterocycles. The number of carbonyl (C=O) groups excluding carboxylic acids is 1. The predicted octanol–water partition coefficient (Wildman–Crippen LogP) is 3.54. The predicted molar refractivity (Wildman–Crippen MR) is 105 cm³/mol. The number of hydrogen-bond donors (Lipinski definition) is 0. The Morgan fingerprint density at radius 3 is 2.71 bits per heavy atom. The van der Waals surface area contributed by atoms with E-state index in [1.54, 1.807) is 56.6 Å². The number of carbonyl (C=O) groups is 1. The summed E-state index contributed by atoms with van der Waals surface area (Å²) in [6.07, 6.45) is 1.64. The second-order valence-corrected chi connectivity index (χ2v) is 6.50. The van der Waals surface area contributed by atoms with E-state index < -0.39 is 6.04 Å². The van der Waals surface area contributed by atoms with Crippen LogP contribution in [0.25, 0.3) is 11.0 Å². The second kappa shape index (κ2) is 6.88. The zero-order valence-corrected chi connectivity index (χ0v) is 15.6. The minimum Gasteiger partial charge on any atom is -0.493 e. The van der Waals surface area contributed by atoms with Gasteiger partial charge < -0.3 is 18.8 Å². The summed E-state index contributed by atoms with van der Waals surface area (Å²) < 4.78 is 16.8. The van der Waals surface area contributed by atoms with Gasteiger partial charge in [-0.1, -0.05) is 30.9 Å². The van der Waals surface area contributed by atoms with Crippen molar-refractivity contribution in [1.29, 1.82) is 0 Å². The van der Waals surface area contributed by atoms with Crippen molar-refractivity contribution >= 4 is 16.9 Å². The Hall–Kier alpha value is -3.54. The molecule has 1 aliphatic rings. The van der Waals surface area contributed by atoms with Gasteiger partial charge in [0.2, 0.25) is 5.76 Å². The van der Waals surface area contributed by atoms with Crippen LogP contribution >= 0.6 is 0 Å². The molecule has 0 bridgehead atoms. The summed E-state index contributed by atoms with van der Waals surface area (Å²) in [6, 6.07) is 11.7. The molecule has 142 valence electrons. The standard InChI is InChI=1S/C22H19NO5/c1-4-11-27-16-10-9-13(12-17(16)26-3)19-18-20(24)14-7-5-6-8-15(14)28-21(18)22(25)23(19)2/h4-10,12,19H,1,11H2,2-3H3. The smallest absolute Gasteiger partial charge is 0.290 e. The van der Waals surface area contributed by atoms with Crippen LogP contribution in [0.15, 0.2) is 64.3 Å². The molecule has 0 aliphatic carbocycles. The lowest BCUT2D eigenvalue weighted by Crippen LogP contribution is -2.25. The molecule has 0 fully saturated rings. The minimum absolute atomic E-state index is 0.0853. The maximum Gasteiger partial charge on any atom is 0.290 e. The van der Waals surface area contributed by atoms with Crippen LogP contribution in [0, 0.1) is 0 Å². The van der Waals surface area contributed by atoms with Gasteiger partial charge in [0.05, 0.1) is 24.1 Å². The van der Waals surface area contributed by atoms with Crippen molar-refractivity contribution in [1.82, 2.24) is 4.90 Å². The Morgan fingerprint density at radius 2 is 1.96 bits per heavy atom. The minimum atomic E-state index is -0.564. The van der Waals surface area contributed by atoms with E-state index in [2.05, 4.69) is 6.58 Å². The van der Waals surface area contributed by atoms with Gasteiger partial charge in [-0.05, 0) is 29.8 Å². The summed E-state index contributed by atoms with van der Waals surface area (Å²) in [5.41, 5.74) is 1.28. The summed E-state index contributed by atoms with van der Waals surface area (Å²) in [5.74, 6) is 0.832. The molecule has 0 saturated carbocycles. The number of rotatable bonds is 5. The quantitative estimate of drug-likeness (QED) is 0.636. The monoisotopic (exact) mass is 377 g/mol. The number of fused-ring (bicyclic) bond motifs is 2. The van der Waals surface area contributed by atoms with Gasteiger partial charge >= 0.3 is 0 Å². The van der Waals surface area contributed by atoms with Crippen molar-refractivity contribution in [2.24, 2.45) is 0 Å². The zero-order chi connectivity index (χ0) is 19.8. The molecular formula is C22H19NO5. The summed E-state index contributed by atoms with van der Waals surface area (Å²) in [6.45, 7) is 3.98. The highest BCUT2D eigenvalue weighted by Crippen LogP contribution is 2.39. The maximum absolute atomic E-state index is 13.2. The summed E-state index contributed by atoms with van der Waals surface area (Å²) in [5, 5.41) is 0.451. The lowest BCUT2D eigenvalue weighted by atomic mass is 9.98. The van der Waals surface area contributed by atoms with Crippen LogP contribution in [-0.2, 0) is 0 Å². The van der Waals surface area contributed by atoms with E-state index in [9.17, 15) is 9.59 Å². The molecule has 1 amide bonds. The van der Waals surface area contributed by atoms with Gasteiger partial charge in [-0.2, -0.15) is 0 Å². The van der Waals surface area contributed by atoms with E-state index in [0.29, 0.717) is 34.6 Å². The number of benzene rings is 2. The molecular weight excluding hydrogens is 358 g/mol. The van der Waals surface area contributed by atoms with Gasteiger partial charge in [0.1, 0.15) is 12.2 Å². The van der Waals surface area contributed by atoms with Gasteiger partial charge in [0, 0.05) is 7.05 Å². The normalized spacial score (nSPS) is 15.6. The molecule has 0 radical (unpaired) electrons. The highest BCUT2D eigenvalue weighted by Gasteiger charge is 2.40. The van der Waals surface area contributed by atoms with E-state index in [1.165, 1.54) is 4.90 Å². The number of amides is 1. The van der Waals surface area contributed by atoms with Crippen LogP contribution < -0.4 is 14.9 Å². The zero-order valence-electron chi connectivity index (χ0n) is 15.6. The van der Waals surface area contributed by atoms with Crippen molar-refractivity contribution in [2.75, 3.05) is 20.8 Å². The third-order valence-electron chi connectivity index (χ3n) is 4.87. The lowest BCUT2D eigenvalue weighted by molar-refractivity contribution is 0.0771. The number of ether oxygens (including phenoxy) is 2. The number of hydrogen-bond acceptors (Lipinski definition) is 5. The molecule has 28 heavy (non-hydrogen) atoms. The van der Waals surface area contributed by atoms with Crippen molar-refractivity contribution in [2.45, 2.75) is 6.04 Å². The van der Waals surface area contributed by atoms with Gasteiger partial charge in [0.15, 0.2) is 16.9 Å². The third-order valence-corrected chi connectivity index (χ3v) is 4.87. The number of methoxy groups -OCH3 is 1. The third kappa shape index (κ3) is 2.65. The van der Waals surface area contributed by atoms with Crippen molar-refractivity contribution < 1.29 is 18.7 Å². The largest absolute Gasteiger partial charge is 0.493 e. The van der Waals surface area contributed by atoms with Crippen LogP contribution in [-0.4, -0.2) is 31.6 Å². The lowest BCUT2D eigenvalue weighted by Gasteiger charge is -2.21. The van der Waals surface area contributed by atoms with Crippen LogP contribution in [0.3, 0.4) is 0 Å². The SMILES string of the molecule is C=CCOc1ccc(C2c3c(oc4ccccc4c3=O)C(=O)N2C)cc1OC. The Kier molecular flexibility index (Phi) is 4.39. The molecule has 4 rings (SSSR count). The van der Waals surface area contributed by atoms with E-state index in [1.807, 2.05) is 6.07 Å². The molecule has 1 aliphatic heterocycles. The highest BCUT2D eigenvalue weighted by molar-refractivity contribution is 5.98. The molecule has 6 heteroatoms. The molecule has 1 atom stereocenters. The van der Waals surface area contributed by atoms with Gasteiger partial charge in [-0.25, -0.2) is 0 Å². The molecule has 3 aromatic rings. The molecule has 0 spiro atoms. The topological polar surface area (TPSA) is 69.0 Å². The number of para-hydroxylation sites is 1. The average Bonchev–Trinajstić information content (AvgIpc) is 2.97. The van der Waals surface area contributed by atoms with Gasteiger partial charge in [0.25, 0.3) is 5.91 Å². The van der Waals surface area contributed by atoms with E-state index in [-0.39, 0.29) is 17.1 Å². The molecule has 1 unspecified atom stereocenters. The molecule has 0 saturated heterocycles. The van der Waals surface area contributed by atoms with Gasteiger partial charge in [-0.3, -0.25) is 9.59 Å². The first-order valence-corrected chi connectivity index (χ1v) is 8.81. The molecule has 6 nitrogen and oxygen atoms in total. The fourth-order valence-corrected chi connectivity index (χ4v) is 3.55. The van der Waals surface area contributed by atoms with Crippen LogP contribution in [0.2, 0.25) is 0 Å². The Morgan fingerprint density at radius 1 is 1.18 bits per heavy atom. The van der Waals surface area contributed by atoms with Crippen LogP contribution in [0.5, 0.6) is 11.5 Å². The molecule has 2 aromatic carbocycles. The Labute approximate surface area is 161 Å². The number of nitrogens with zero attached hydrogens (tertiary/aromatic N) is 1. The fourth-order valence-electron chi connectivity index (χ4n) is 3.55. The average molecular weight is 377 g/mol. The first-order chi connectivity index (χ1) is 13.6. The van der Waals surface area contributed by atoms with Gasteiger partial charge in [-0.15, -0.1) is 0 Å². The summed E-state index contributed by atoms with van der Waals surface area (Å²) >= 11 is 0. The highest BCUT2D eigenvalue weighted by atomic mass is 16.5. The van der Waals surface area contributed by atoms with E-state index in [4.69, 9.17) is 13.9 Å². The fraction of sp³-hybridized carbons (Fsp3) is 0.182. The van der Waals surface area contributed by atoms with Crippen molar-refractivity contribution in [3.05, 3.63) is 82.2 Å². The Bertz CT molecular complexity index is 1150.